The molecule has 1 aromatic heterocycles. The van der Waals surface area contributed by atoms with Gasteiger partial charge in [-0.15, -0.1) is 0 Å². The first-order valence-electron chi connectivity index (χ1n) is 5.75. The van der Waals surface area contributed by atoms with Crippen LogP contribution in [0.2, 0.25) is 5.15 Å². The quantitative estimate of drug-likeness (QED) is 0.928. The molecule has 20 heavy (non-hydrogen) atoms. The number of hydrogen-bond acceptors (Lipinski definition) is 4. The second kappa shape index (κ2) is 6.21. The lowest BCUT2D eigenvalue weighted by Gasteiger charge is -2.08. The first-order valence-corrected chi connectivity index (χ1v) is 6.13. The van der Waals surface area contributed by atoms with Gasteiger partial charge >= 0.3 is 0 Å². The molecule has 0 aliphatic carbocycles. The van der Waals surface area contributed by atoms with Crippen LogP contribution in [0.5, 0.6) is 5.75 Å². The van der Waals surface area contributed by atoms with Gasteiger partial charge in [-0.2, -0.15) is 0 Å². The highest BCUT2D eigenvalue weighted by Gasteiger charge is 2.07. The van der Waals surface area contributed by atoms with Crippen molar-refractivity contribution in [2.75, 3.05) is 12.4 Å². The van der Waals surface area contributed by atoms with E-state index in [9.17, 15) is 9.59 Å². The van der Waals surface area contributed by atoms with Crippen molar-refractivity contribution in [3.05, 3.63) is 52.2 Å². The minimum absolute atomic E-state index is 0.132. The SMILES string of the molecule is COc1ccc(NC(=O)Cn2ccnc(Cl)c2=O)cc1. The van der Waals surface area contributed by atoms with E-state index in [0.717, 1.165) is 0 Å². The maximum absolute atomic E-state index is 11.8. The molecule has 0 aliphatic rings. The second-order valence-corrected chi connectivity index (χ2v) is 4.29. The summed E-state index contributed by atoms with van der Waals surface area (Å²) in [6.45, 7) is -0.132. The molecule has 0 bridgehead atoms. The molecule has 0 atom stereocenters. The largest absolute Gasteiger partial charge is 0.497 e. The van der Waals surface area contributed by atoms with Gasteiger partial charge in [0, 0.05) is 18.1 Å². The Morgan fingerprint density at radius 1 is 1.40 bits per heavy atom. The van der Waals surface area contributed by atoms with Crippen molar-refractivity contribution >= 4 is 23.2 Å². The smallest absolute Gasteiger partial charge is 0.288 e. The Balaban J connectivity index is 2.05. The summed E-state index contributed by atoms with van der Waals surface area (Å²) >= 11 is 5.60. The molecule has 1 N–H and O–H groups in total. The van der Waals surface area contributed by atoms with Crippen molar-refractivity contribution < 1.29 is 9.53 Å². The lowest BCUT2D eigenvalue weighted by Crippen LogP contribution is -2.27. The highest BCUT2D eigenvalue weighted by Crippen LogP contribution is 2.14. The Morgan fingerprint density at radius 2 is 2.10 bits per heavy atom. The van der Waals surface area contributed by atoms with E-state index in [2.05, 4.69) is 10.3 Å². The number of nitrogens with zero attached hydrogens (tertiary/aromatic N) is 2. The summed E-state index contributed by atoms with van der Waals surface area (Å²) in [6.07, 6.45) is 2.77. The number of anilines is 1. The molecule has 6 nitrogen and oxygen atoms in total. The zero-order chi connectivity index (χ0) is 14.5. The maximum atomic E-state index is 11.8. The van der Waals surface area contributed by atoms with Crippen molar-refractivity contribution in [2.24, 2.45) is 0 Å². The molecular weight excluding hydrogens is 282 g/mol. The van der Waals surface area contributed by atoms with Gasteiger partial charge in [-0.1, -0.05) is 11.6 Å². The number of aromatic nitrogens is 2. The van der Waals surface area contributed by atoms with Gasteiger partial charge in [0.2, 0.25) is 5.91 Å². The number of halogens is 1. The first kappa shape index (κ1) is 14.1. The van der Waals surface area contributed by atoms with E-state index in [4.69, 9.17) is 16.3 Å². The molecule has 0 fully saturated rings. The summed E-state index contributed by atoms with van der Waals surface area (Å²) in [5.74, 6) is 0.361. The molecule has 0 spiro atoms. The molecule has 0 saturated carbocycles. The summed E-state index contributed by atoms with van der Waals surface area (Å²) in [6, 6.07) is 6.87. The fraction of sp³-hybridized carbons (Fsp3) is 0.154. The molecule has 2 rings (SSSR count). The van der Waals surface area contributed by atoms with Gasteiger partial charge in [0.1, 0.15) is 12.3 Å². The van der Waals surface area contributed by atoms with Gasteiger partial charge in [0.05, 0.1) is 7.11 Å². The molecule has 0 saturated heterocycles. The monoisotopic (exact) mass is 293 g/mol. The van der Waals surface area contributed by atoms with E-state index in [1.54, 1.807) is 31.4 Å². The van der Waals surface area contributed by atoms with Crippen LogP contribution in [0.3, 0.4) is 0 Å². The minimum atomic E-state index is -0.501. The third-order valence-electron chi connectivity index (χ3n) is 2.56. The lowest BCUT2D eigenvalue weighted by atomic mass is 10.3. The Kier molecular flexibility index (Phi) is 4.37. The van der Waals surface area contributed by atoms with Crippen molar-refractivity contribution in [3.8, 4) is 5.75 Å². The summed E-state index contributed by atoms with van der Waals surface area (Å²) in [7, 11) is 1.56. The summed E-state index contributed by atoms with van der Waals surface area (Å²) in [5, 5.41) is 2.51. The van der Waals surface area contributed by atoms with E-state index >= 15 is 0 Å². The third kappa shape index (κ3) is 3.36. The zero-order valence-electron chi connectivity index (χ0n) is 10.7. The molecule has 0 aliphatic heterocycles. The lowest BCUT2D eigenvalue weighted by molar-refractivity contribution is -0.116. The van der Waals surface area contributed by atoms with Gasteiger partial charge in [-0.05, 0) is 24.3 Å². The van der Waals surface area contributed by atoms with Crippen LogP contribution in [0, 0.1) is 0 Å². The number of amides is 1. The number of benzene rings is 1. The average molecular weight is 294 g/mol. The van der Waals surface area contributed by atoms with E-state index in [0.29, 0.717) is 11.4 Å². The van der Waals surface area contributed by atoms with Crippen LogP contribution in [0.25, 0.3) is 0 Å². The predicted octanol–water partition coefficient (Wildman–Crippen LogP) is 1.54. The Bertz CT molecular complexity index is 667. The normalized spacial score (nSPS) is 10.1. The van der Waals surface area contributed by atoms with Crippen LogP contribution >= 0.6 is 11.6 Å². The number of hydrogen-bond donors (Lipinski definition) is 1. The minimum Gasteiger partial charge on any atom is -0.497 e. The van der Waals surface area contributed by atoms with E-state index in [1.807, 2.05) is 0 Å². The fourth-order valence-corrected chi connectivity index (χ4v) is 1.74. The molecule has 0 unspecified atom stereocenters. The summed E-state index contributed by atoms with van der Waals surface area (Å²) in [4.78, 5) is 27.1. The Hall–Kier alpha value is -2.34. The van der Waals surface area contributed by atoms with Crippen molar-refractivity contribution in [1.29, 1.82) is 0 Å². The average Bonchev–Trinajstić information content (AvgIpc) is 2.45. The van der Waals surface area contributed by atoms with Crippen molar-refractivity contribution in [2.45, 2.75) is 6.54 Å². The van der Waals surface area contributed by atoms with E-state index in [-0.39, 0.29) is 17.6 Å². The van der Waals surface area contributed by atoms with Crippen LogP contribution in [-0.2, 0) is 11.3 Å². The van der Waals surface area contributed by atoms with Gasteiger partial charge in [0.25, 0.3) is 5.56 Å². The number of rotatable bonds is 4. The second-order valence-electron chi connectivity index (χ2n) is 3.93. The standard InChI is InChI=1S/C13H12ClN3O3/c1-20-10-4-2-9(3-5-10)16-11(18)8-17-7-6-15-12(14)13(17)19/h2-7H,8H2,1H3,(H,16,18). The van der Waals surface area contributed by atoms with Crippen LogP contribution in [0.15, 0.2) is 41.5 Å². The molecule has 7 heteroatoms. The zero-order valence-corrected chi connectivity index (χ0v) is 11.4. The Morgan fingerprint density at radius 3 is 2.75 bits per heavy atom. The molecule has 0 radical (unpaired) electrons. The van der Waals surface area contributed by atoms with Gasteiger partial charge in [0.15, 0.2) is 5.15 Å². The van der Waals surface area contributed by atoms with Gasteiger partial charge in [-0.3, -0.25) is 9.59 Å². The predicted molar refractivity (Wildman–Crippen MR) is 75.1 cm³/mol. The highest BCUT2D eigenvalue weighted by molar-refractivity contribution is 6.29. The van der Waals surface area contributed by atoms with E-state index in [1.165, 1.54) is 17.0 Å². The fourth-order valence-electron chi connectivity index (χ4n) is 1.57. The molecule has 1 amide bonds. The molecular formula is C13H12ClN3O3. The summed E-state index contributed by atoms with van der Waals surface area (Å²) in [5.41, 5.74) is 0.114. The van der Waals surface area contributed by atoms with Crippen LogP contribution < -0.4 is 15.6 Å². The molecule has 1 aromatic carbocycles. The molecule has 2 aromatic rings. The van der Waals surface area contributed by atoms with Gasteiger partial charge in [-0.25, -0.2) is 4.98 Å². The summed E-state index contributed by atoms with van der Waals surface area (Å²) < 4.78 is 6.21. The molecule has 1 heterocycles. The number of methoxy groups -OCH3 is 1. The van der Waals surface area contributed by atoms with Crippen LogP contribution in [0.4, 0.5) is 5.69 Å². The highest BCUT2D eigenvalue weighted by atomic mass is 35.5. The van der Waals surface area contributed by atoms with Crippen molar-refractivity contribution in [3.63, 3.8) is 0 Å². The van der Waals surface area contributed by atoms with Gasteiger partial charge < -0.3 is 14.6 Å². The number of carbonyl (C=O) groups excluding carboxylic acids is 1. The number of ether oxygens (including phenoxy) is 1. The van der Waals surface area contributed by atoms with Crippen LogP contribution in [-0.4, -0.2) is 22.6 Å². The maximum Gasteiger partial charge on any atom is 0.288 e. The first-order chi connectivity index (χ1) is 9.60. The van der Waals surface area contributed by atoms with E-state index < -0.39 is 5.56 Å². The Labute approximate surface area is 120 Å². The number of carbonyl (C=O) groups is 1. The van der Waals surface area contributed by atoms with Crippen molar-refractivity contribution in [1.82, 2.24) is 9.55 Å². The third-order valence-corrected chi connectivity index (χ3v) is 2.82. The topological polar surface area (TPSA) is 73.2 Å². The number of nitrogens with one attached hydrogen (secondary N) is 1. The van der Waals surface area contributed by atoms with Crippen LogP contribution in [0.1, 0.15) is 0 Å². The molecule has 104 valence electrons.